The summed E-state index contributed by atoms with van der Waals surface area (Å²) in [5.74, 6) is -1.16. The topological polar surface area (TPSA) is 97.3 Å². The van der Waals surface area contributed by atoms with Crippen molar-refractivity contribution in [3.63, 3.8) is 0 Å². The van der Waals surface area contributed by atoms with Gasteiger partial charge in [-0.1, -0.05) is 11.6 Å². The maximum Gasteiger partial charge on any atom is 0.266 e. The second-order valence-electron chi connectivity index (χ2n) is 7.47. The van der Waals surface area contributed by atoms with E-state index in [-0.39, 0.29) is 28.5 Å². The van der Waals surface area contributed by atoms with Gasteiger partial charge in [0, 0.05) is 43.3 Å². The Hall–Kier alpha value is -3.18. The number of H-pyrrole nitrogens is 1. The maximum absolute atomic E-state index is 14.0. The van der Waals surface area contributed by atoms with Crippen LogP contribution in [0.2, 0.25) is 5.02 Å². The molecule has 0 unspecified atom stereocenters. The number of halogens is 2. The molecule has 3 rings (SSSR count). The monoisotopic (exact) mass is 444 g/mol. The molecule has 0 spiro atoms. The van der Waals surface area contributed by atoms with Crippen molar-refractivity contribution in [1.82, 2.24) is 14.8 Å². The van der Waals surface area contributed by atoms with Crippen molar-refractivity contribution in [3.05, 3.63) is 67.3 Å². The number of nitrogens with one attached hydrogen (secondary N) is 1. The van der Waals surface area contributed by atoms with Gasteiger partial charge in [-0.3, -0.25) is 14.4 Å². The highest BCUT2D eigenvalue weighted by Gasteiger charge is 2.26. The Morgan fingerprint density at radius 3 is 2.48 bits per heavy atom. The van der Waals surface area contributed by atoms with Crippen molar-refractivity contribution in [2.24, 2.45) is 0 Å². The van der Waals surface area contributed by atoms with Crippen molar-refractivity contribution in [1.29, 1.82) is 5.26 Å². The highest BCUT2D eigenvalue weighted by atomic mass is 35.5. The lowest BCUT2D eigenvalue weighted by atomic mass is 9.99. The number of amides is 2. The highest BCUT2D eigenvalue weighted by molar-refractivity contribution is 6.31. The Labute approximate surface area is 184 Å². The van der Waals surface area contributed by atoms with E-state index in [9.17, 15) is 24.0 Å². The van der Waals surface area contributed by atoms with Crippen LogP contribution in [0.15, 0.2) is 23.0 Å². The van der Waals surface area contributed by atoms with Crippen LogP contribution >= 0.6 is 11.6 Å². The summed E-state index contributed by atoms with van der Waals surface area (Å²) in [5, 5.41) is 9.46. The molecule has 9 heteroatoms. The summed E-state index contributed by atoms with van der Waals surface area (Å²) in [7, 11) is 0. The summed E-state index contributed by atoms with van der Waals surface area (Å²) in [4.78, 5) is 42.9. The summed E-state index contributed by atoms with van der Waals surface area (Å²) in [6.07, 6.45) is 0.615. The average Bonchev–Trinajstić information content (AvgIpc) is 2.74. The lowest BCUT2D eigenvalue weighted by Crippen LogP contribution is -2.50. The fraction of sp³-hybridized carbons (Fsp3) is 0.364. The van der Waals surface area contributed by atoms with E-state index in [2.05, 4.69) is 4.98 Å². The van der Waals surface area contributed by atoms with Gasteiger partial charge in [0.15, 0.2) is 0 Å². The number of nitriles is 1. The van der Waals surface area contributed by atoms with Crippen LogP contribution in [-0.2, 0) is 11.2 Å². The SMILES string of the molecule is Cc1[nH]c(=O)c(C#N)c(C)c1CCC(=O)N1CCN(C(=O)c2cc(Cl)ccc2F)CC1. The minimum absolute atomic E-state index is 0.0634. The van der Waals surface area contributed by atoms with Crippen LogP contribution in [0.4, 0.5) is 4.39 Å². The molecule has 1 saturated heterocycles. The molecular weight excluding hydrogens is 423 g/mol. The number of rotatable bonds is 4. The number of aromatic amines is 1. The van der Waals surface area contributed by atoms with Gasteiger partial charge in [0.2, 0.25) is 5.91 Å². The Kier molecular flexibility index (Phi) is 6.76. The molecule has 0 radical (unpaired) electrons. The molecule has 1 aromatic carbocycles. The zero-order valence-electron chi connectivity index (χ0n) is 17.3. The van der Waals surface area contributed by atoms with Gasteiger partial charge in [-0.15, -0.1) is 0 Å². The molecule has 0 atom stereocenters. The molecule has 7 nitrogen and oxygen atoms in total. The normalized spacial score (nSPS) is 13.8. The van der Waals surface area contributed by atoms with Crippen LogP contribution < -0.4 is 5.56 Å². The third kappa shape index (κ3) is 4.78. The molecule has 1 aromatic heterocycles. The largest absolute Gasteiger partial charge is 0.339 e. The van der Waals surface area contributed by atoms with Gasteiger partial charge in [0.25, 0.3) is 11.5 Å². The lowest BCUT2D eigenvalue weighted by molar-refractivity contribution is -0.132. The molecule has 1 aliphatic heterocycles. The maximum atomic E-state index is 14.0. The van der Waals surface area contributed by atoms with Crippen molar-refractivity contribution in [2.75, 3.05) is 26.2 Å². The number of carbonyl (C=O) groups excluding carboxylic acids is 2. The fourth-order valence-corrected chi connectivity index (χ4v) is 3.97. The predicted octanol–water partition coefficient (Wildman–Crippen LogP) is 2.57. The van der Waals surface area contributed by atoms with E-state index < -0.39 is 17.3 Å². The number of benzene rings is 1. The van der Waals surface area contributed by atoms with Crippen LogP contribution in [0.25, 0.3) is 0 Å². The number of carbonyl (C=O) groups is 2. The predicted molar refractivity (Wildman–Crippen MR) is 113 cm³/mol. The van der Waals surface area contributed by atoms with E-state index in [0.717, 1.165) is 11.6 Å². The Morgan fingerprint density at radius 2 is 1.84 bits per heavy atom. The second-order valence-corrected chi connectivity index (χ2v) is 7.90. The summed E-state index contributed by atoms with van der Waals surface area (Å²) in [6.45, 7) is 4.74. The van der Waals surface area contributed by atoms with E-state index in [1.807, 2.05) is 6.07 Å². The molecule has 31 heavy (non-hydrogen) atoms. The number of piperazine rings is 1. The summed E-state index contributed by atoms with van der Waals surface area (Å²) < 4.78 is 14.0. The van der Waals surface area contributed by atoms with Gasteiger partial charge in [-0.2, -0.15) is 5.26 Å². The zero-order valence-corrected chi connectivity index (χ0v) is 18.1. The van der Waals surface area contributed by atoms with Crippen LogP contribution in [0.5, 0.6) is 0 Å². The van der Waals surface area contributed by atoms with Crippen molar-refractivity contribution in [2.45, 2.75) is 26.7 Å². The van der Waals surface area contributed by atoms with Crippen LogP contribution in [0.3, 0.4) is 0 Å². The van der Waals surface area contributed by atoms with E-state index in [1.165, 1.54) is 17.0 Å². The quantitative estimate of drug-likeness (QED) is 0.783. The minimum atomic E-state index is -0.628. The van der Waals surface area contributed by atoms with Crippen LogP contribution in [0, 0.1) is 31.0 Å². The molecule has 0 aliphatic carbocycles. The number of pyridine rings is 1. The first-order valence-electron chi connectivity index (χ1n) is 9.87. The standard InChI is InChI=1S/C22H22ClFN4O3/c1-13-16(14(2)26-21(30)18(13)12-25)4-6-20(29)27-7-9-28(10-8-27)22(31)17-11-15(23)3-5-19(17)24/h3,5,11H,4,6-10H2,1-2H3,(H,26,30). The Balaban J connectivity index is 1.60. The number of nitrogens with zero attached hydrogens (tertiary/aromatic N) is 3. The third-order valence-corrected chi connectivity index (χ3v) is 5.82. The van der Waals surface area contributed by atoms with Gasteiger partial charge >= 0.3 is 0 Å². The molecular formula is C22H22ClFN4O3. The van der Waals surface area contributed by atoms with Crippen LogP contribution in [-0.4, -0.2) is 52.8 Å². The smallest absolute Gasteiger partial charge is 0.266 e. The molecule has 2 amide bonds. The van der Waals surface area contributed by atoms with Crippen molar-refractivity contribution >= 4 is 23.4 Å². The third-order valence-electron chi connectivity index (χ3n) is 5.59. The zero-order chi connectivity index (χ0) is 22.7. The van der Waals surface area contributed by atoms with Gasteiger partial charge in [0.1, 0.15) is 17.4 Å². The van der Waals surface area contributed by atoms with E-state index in [1.54, 1.807) is 18.7 Å². The molecule has 1 fully saturated rings. The fourth-order valence-electron chi connectivity index (χ4n) is 3.80. The summed E-state index contributed by atoms with van der Waals surface area (Å²) in [6, 6.07) is 5.76. The first-order chi connectivity index (χ1) is 14.7. The van der Waals surface area contributed by atoms with Gasteiger partial charge in [-0.25, -0.2) is 4.39 Å². The van der Waals surface area contributed by atoms with Gasteiger partial charge in [0.05, 0.1) is 5.56 Å². The highest BCUT2D eigenvalue weighted by Crippen LogP contribution is 2.19. The summed E-state index contributed by atoms with van der Waals surface area (Å²) in [5.41, 5.74) is 1.58. The molecule has 162 valence electrons. The van der Waals surface area contributed by atoms with E-state index in [4.69, 9.17) is 11.6 Å². The molecule has 0 saturated carbocycles. The first kappa shape index (κ1) is 22.5. The Morgan fingerprint density at radius 1 is 1.19 bits per heavy atom. The number of hydrogen-bond acceptors (Lipinski definition) is 4. The minimum Gasteiger partial charge on any atom is -0.339 e. The molecule has 1 N–H and O–H groups in total. The Bertz CT molecular complexity index is 1130. The molecule has 0 bridgehead atoms. The molecule has 2 aromatic rings. The number of aryl methyl sites for hydroxylation is 1. The average molecular weight is 445 g/mol. The lowest BCUT2D eigenvalue weighted by Gasteiger charge is -2.35. The number of aromatic nitrogens is 1. The first-order valence-corrected chi connectivity index (χ1v) is 10.2. The van der Waals surface area contributed by atoms with E-state index >= 15 is 0 Å². The molecule has 2 heterocycles. The van der Waals surface area contributed by atoms with Gasteiger partial charge < -0.3 is 14.8 Å². The number of hydrogen-bond donors (Lipinski definition) is 1. The molecule has 1 aliphatic rings. The van der Waals surface area contributed by atoms with E-state index in [0.29, 0.717) is 43.9 Å². The van der Waals surface area contributed by atoms with Crippen LogP contribution in [0.1, 0.15) is 39.2 Å². The summed E-state index contributed by atoms with van der Waals surface area (Å²) >= 11 is 5.87. The second kappa shape index (κ2) is 9.31. The van der Waals surface area contributed by atoms with Crippen molar-refractivity contribution < 1.29 is 14.0 Å². The van der Waals surface area contributed by atoms with Gasteiger partial charge in [-0.05, 0) is 49.6 Å². The van der Waals surface area contributed by atoms with Crippen molar-refractivity contribution in [3.8, 4) is 6.07 Å².